The molecule has 13 atom stereocenters. The lowest BCUT2D eigenvalue weighted by atomic mass is 9.91. The fourth-order valence-electron chi connectivity index (χ4n) is 10.5. The van der Waals surface area contributed by atoms with Gasteiger partial charge >= 0.3 is 11.9 Å². The number of likely N-dealkylation sites (tertiary alicyclic amines) is 1. The number of carbonyl (C=O) groups is 10. The smallest absolute Gasteiger partial charge is 0.329 e. The third-order valence-corrected chi connectivity index (χ3v) is 15.5. The molecular weight excluding hydrogens is 1020 g/mol. The lowest BCUT2D eigenvalue weighted by Crippen LogP contribution is -2.62. The molecule has 0 spiro atoms. The average molecular weight is 1110 g/mol. The van der Waals surface area contributed by atoms with E-state index in [0.717, 1.165) is 0 Å². The van der Waals surface area contributed by atoms with Crippen molar-refractivity contribution in [3.8, 4) is 5.75 Å². The minimum Gasteiger partial charge on any atom is -0.497 e. The maximum absolute atomic E-state index is 15.0. The highest BCUT2D eigenvalue weighted by molar-refractivity contribution is 6.05. The Morgan fingerprint density at radius 1 is 0.861 bits per heavy atom. The van der Waals surface area contributed by atoms with Crippen LogP contribution in [0.2, 0.25) is 0 Å². The number of fused-ring (bicyclic) bond motifs is 1. The molecule has 3 fully saturated rings. The van der Waals surface area contributed by atoms with Gasteiger partial charge in [-0.25, -0.2) is 4.79 Å². The standard InChI is InChI=1S/C57H89N7O15/c1-15-33(8)46-44(66)29-45(67)79-49(32(6)7)48(68)34(9)50(69)58-39(26-30(2)3)54(73)64-25-17-19-41(64)56(75)62(13)43(28-37-20-22-38(77-14)23-21-37)57(76)78-36(11)47(52(71)59-46)60-51(70)42(27-31(4)5)61(12)55(74)40-18-16-24-63(40)53(72)35(10)65/h20-23,30-36,39-44,46-47,49,65-66H,15-19,24-29H2,1-14H3,(H,58,69)(H,59,71)(H,60,70)/t33?,34-,35-,36+,39-,40-,41-,42+,43-,44-,46+,47-,49-/m0/s1. The van der Waals surface area contributed by atoms with Crippen molar-refractivity contribution in [2.75, 3.05) is 34.3 Å². The number of aliphatic hydroxyl groups excluding tert-OH is 2. The van der Waals surface area contributed by atoms with E-state index in [2.05, 4.69) is 16.0 Å². The van der Waals surface area contributed by atoms with Crippen molar-refractivity contribution in [2.24, 2.45) is 29.6 Å². The second-order valence-electron chi connectivity index (χ2n) is 23.0. The predicted molar refractivity (Wildman–Crippen MR) is 290 cm³/mol. The number of ether oxygens (including phenoxy) is 3. The predicted octanol–water partition coefficient (Wildman–Crippen LogP) is 2.32. The first-order chi connectivity index (χ1) is 37.0. The van der Waals surface area contributed by atoms with Crippen molar-refractivity contribution < 1.29 is 72.4 Å². The van der Waals surface area contributed by atoms with Crippen LogP contribution < -0.4 is 20.7 Å². The van der Waals surface area contributed by atoms with Gasteiger partial charge in [-0.05, 0) is 101 Å². The van der Waals surface area contributed by atoms with Crippen LogP contribution in [0.5, 0.6) is 5.75 Å². The second-order valence-corrected chi connectivity index (χ2v) is 23.0. The molecule has 442 valence electrons. The molecule has 1 aromatic carbocycles. The molecule has 79 heavy (non-hydrogen) atoms. The number of amides is 7. The van der Waals surface area contributed by atoms with Crippen molar-refractivity contribution in [3.63, 3.8) is 0 Å². The molecule has 0 aromatic heterocycles. The number of ketones is 1. The van der Waals surface area contributed by atoms with Crippen molar-refractivity contribution >= 4 is 59.1 Å². The summed E-state index contributed by atoms with van der Waals surface area (Å²) in [5.41, 5.74) is 0.571. The second kappa shape index (κ2) is 29.3. The number of esters is 2. The number of rotatable bonds is 15. The van der Waals surface area contributed by atoms with E-state index in [0.29, 0.717) is 30.6 Å². The number of hydrogen-bond donors (Lipinski definition) is 5. The van der Waals surface area contributed by atoms with Gasteiger partial charge in [-0.1, -0.05) is 73.9 Å². The van der Waals surface area contributed by atoms with Gasteiger partial charge < -0.3 is 60.0 Å². The molecule has 22 heteroatoms. The van der Waals surface area contributed by atoms with Gasteiger partial charge in [0.1, 0.15) is 54.2 Å². The molecule has 0 aliphatic carbocycles. The van der Waals surface area contributed by atoms with Crippen LogP contribution in [-0.4, -0.2) is 190 Å². The average Bonchev–Trinajstić information content (AvgIpc) is 4.13. The number of methoxy groups -OCH3 is 1. The fraction of sp³-hybridized carbons (Fsp3) is 0.719. The Hall–Kier alpha value is -6.16. The largest absolute Gasteiger partial charge is 0.497 e. The van der Waals surface area contributed by atoms with Crippen molar-refractivity contribution in [1.29, 1.82) is 0 Å². The van der Waals surface area contributed by atoms with Crippen LogP contribution >= 0.6 is 0 Å². The van der Waals surface area contributed by atoms with E-state index < -0.39 is 150 Å². The Bertz CT molecular complexity index is 2330. The number of likely N-dealkylation sites (N-methyl/N-ethyl adjacent to an activating group) is 2. The van der Waals surface area contributed by atoms with Crippen LogP contribution in [0.1, 0.15) is 133 Å². The van der Waals surface area contributed by atoms with Gasteiger partial charge in [0.15, 0.2) is 11.9 Å². The van der Waals surface area contributed by atoms with Crippen LogP contribution in [0.4, 0.5) is 0 Å². The van der Waals surface area contributed by atoms with E-state index in [9.17, 15) is 53.4 Å². The zero-order chi connectivity index (χ0) is 59.3. The molecule has 0 saturated carbocycles. The lowest BCUT2D eigenvalue weighted by molar-refractivity contribution is -0.163. The summed E-state index contributed by atoms with van der Waals surface area (Å²) in [5, 5.41) is 30.2. The minimum atomic E-state index is -1.76. The number of benzene rings is 1. The first-order valence-electron chi connectivity index (χ1n) is 28.0. The summed E-state index contributed by atoms with van der Waals surface area (Å²) in [6.07, 6.45) is -4.99. The zero-order valence-corrected chi connectivity index (χ0v) is 48.8. The van der Waals surface area contributed by atoms with Gasteiger partial charge in [-0.2, -0.15) is 0 Å². The summed E-state index contributed by atoms with van der Waals surface area (Å²) in [6.45, 7) is 18.4. The maximum atomic E-state index is 15.0. The van der Waals surface area contributed by atoms with E-state index in [-0.39, 0.29) is 57.0 Å². The first kappa shape index (κ1) is 65.4. The maximum Gasteiger partial charge on any atom is 0.329 e. The van der Waals surface area contributed by atoms with E-state index in [4.69, 9.17) is 14.2 Å². The van der Waals surface area contributed by atoms with Gasteiger partial charge in [0.25, 0.3) is 5.91 Å². The van der Waals surface area contributed by atoms with Gasteiger partial charge in [-0.15, -0.1) is 0 Å². The normalized spacial score (nSPS) is 27.7. The molecule has 22 nitrogen and oxygen atoms in total. The van der Waals surface area contributed by atoms with Crippen LogP contribution in [0.15, 0.2) is 24.3 Å². The number of nitrogens with zero attached hydrogens (tertiary/aromatic N) is 4. The highest BCUT2D eigenvalue weighted by Gasteiger charge is 2.46. The van der Waals surface area contributed by atoms with Crippen LogP contribution in [0.3, 0.4) is 0 Å². The Balaban J connectivity index is 1.89. The molecule has 3 aliphatic rings. The van der Waals surface area contributed by atoms with Crippen LogP contribution in [0, 0.1) is 29.6 Å². The molecule has 0 radical (unpaired) electrons. The van der Waals surface area contributed by atoms with Gasteiger partial charge in [0, 0.05) is 33.6 Å². The van der Waals surface area contributed by atoms with E-state index in [1.807, 2.05) is 27.7 Å². The summed E-state index contributed by atoms with van der Waals surface area (Å²) in [6, 6.07) is -2.19. The first-order valence-corrected chi connectivity index (χ1v) is 28.0. The Morgan fingerprint density at radius 3 is 2.06 bits per heavy atom. The Labute approximate surface area is 465 Å². The number of nitrogens with one attached hydrogen (secondary N) is 3. The minimum absolute atomic E-state index is 0.0720. The molecule has 5 N–H and O–H groups in total. The highest BCUT2D eigenvalue weighted by Crippen LogP contribution is 2.27. The summed E-state index contributed by atoms with van der Waals surface area (Å²) >= 11 is 0. The molecule has 3 aliphatic heterocycles. The molecule has 0 bridgehead atoms. The number of cyclic esters (lactones) is 2. The monoisotopic (exact) mass is 1110 g/mol. The van der Waals surface area contributed by atoms with Gasteiger partial charge in [0.2, 0.25) is 35.4 Å². The SMILES string of the molecule is CCC(C)[C@H]1NC(=O)[C@@H](NC(=O)[C@@H](CC(C)C)N(C)C(=O)[C@@H]2CCCN2C(=O)[C@H](C)O)[C@@H](C)OC(=O)[C@H](Cc2ccc(OC)cc2)N(C)C(=O)[C@@H]2CCCN2C(=O)[C@H](CC(C)C)NC(=O)[C@@H](C)C(=O)[C@H](C(C)C)OC(=O)C[C@@H]1O. The van der Waals surface area contributed by atoms with Gasteiger partial charge in [-0.3, -0.25) is 43.2 Å². The summed E-state index contributed by atoms with van der Waals surface area (Å²) in [7, 11) is 4.29. The Morgan fingerprint density at radius 2 is 1.49 bits per heavy atom. The zero-order valence-electron chi connectivity index (χ0n) is 48.8. The Kier molecular flexibility index (Phi) is 24.3. The lowest BCUT2D eigenvalue weighted by Gasteiger charge is -2.36. The van der Waals surface area contributed by atoms with E-state index in [1.54, 1.807) is 52.0 Å². The van der Waals surface area contributed by atoms with Crippen LogP contribution in [-0.2, 0) is 63.8 Å². The third-order valence-electron chi connectivity index (χ3n) is 15.5. The van der Waals surface area contributed by atoms with E-state index in [1.165, 1.54) is 61.6 Å². The summed E-state index contributed by atoms with van der Waals surface area (Å²) in [5.74, 6) is -10.3. The molecule has 3 heterocycles. The van der Waals surface area contributed by atoms with Crippen molar-refractivity contribution in [2.45, 2.75) is 201 Å². The summed E-state index contributed by atoms with van der Waals surface area (Å²) in [4.78, 5) is 149. The highest BCUT2D eigenvalue weighted by atomic mass is 16.6. The third kappa shape index (κ3) is 16.9. The topological polar surface area (TPSA) is 288 Å². The van der Waals surface area contributed by atoms with Crippen molar-refractivity contribution in [3.05, 3.63) is 29.8 Å². The quantitative estimate of drug-likeness (QED) is 0.124. The van der Waals surface area contributed by atoms with Crippen molar-refractivity contribution in [1.82, 2.24) is 35.6 Å². The molecule has 3 saturated heterocycles. The number of carbonyl (C=O) groups excluding carboxylic acids is 10. The molecule has 4 rings (SSSR count). The molecule has 1 aromatic rings. The molecular formula is C57H89N7O15. The van der Waals surface area contributed by atoms with Crippen LogP contribution in [0.25, 0.3) is 0 Å². The van der Waals surface area contributed by atoms with E-state index >= 15 is 4.79 Å². The molecule has 1 unspecified atom stereocenters. The number of aliphatic hydroxyl groups is 2. The number of Topliss-reactive ketones (excluding diaryl/α,β-unsaturated/α-hetero) is 1. The fourth-order valence-corrected chi connectivity index (χ4v) is 10.5. The molecule has 7 amide bonds. The number of hydrogen-bond acceptors (Lipinski definition) is 15. The van der Waals surface area contributed by atoms with Gasteiger partial charge in [0.05, 0.1) is 31.6 Å². The summed E-state index contributed by atoms with van der Waals surface area (Å²) < 4.78 is 17.2.